The number of nitrogen functional groups attached to an aromatic ring is 1. The lowest BCUT2D eigenvalue weighted by Gasteiger charge is -2.23. The zero-order chi connectivity index (χ0) is 19.1. The third kappa shape index (κ3) is 2.88. The maximum absolute atomic E-state index is 6.62. The van der Waals surface area contributed by atoms with E-state index in [4.69, 9.17) is 10.8 Å². The van der Waals surface area contributed by atoms with Gasteiger partial charge in [0.1, 0.15) is 5.82 Å². The van der Waals surface area contributed by atoms with Crippen molar-refractivity contribution < 1.29 is 0 Å². The predicted octanol–water partition coefficient (Wildman–Crippen LogP) is 5.40. The lowest BCUT2D eigenvalue weighted by atomic mass is 10.0. The summed E-state index contributed by atoms with van der Waals surface area (Å²) >= 11 is 3.52. The molecule has 4 aromatic rings. The number of benzene rings is 3. The van der Waals surface area contributed by atoms with Crippen LogP contribution in [0, 0.1) is 0 Å². The molecule has 0 amide bonds. The second kappa shape index (κ2) is 6.84. The minimum Gasteiger partial charge on any atom is -0.383 e. The Labute approximate surface area is 172 Å². The van der Waals surface area contributed by atoms with Crippen molar-refractivity contribution >= 4 is 27.4 Å². The van der Waals surface area contributed by atoms with Crippen LogP contribution >= 0.6 is 15.9 Å². The smallest absolute Gasteiger partial charge is 0.135 e. The first-order valence-corrected chi connectivity index (χ1v) is 10.0. The fourth-order valence-corrected chi connectivity index (χ4v) is 4.09. The summed E-state index contributed by atoms with van der Waals surface area (Å²) in [5.74, 6) is 0.686. The molecule has 0 bridgehead atoms. The van der Waals surface area contributed by atoms with Crippen molar-refractivity contribution in [3.8, 4) is 16.8 Å². The molecule has 4 nitrogen and oxygen atoms in total. The molecule has 0 radical (unpaired) electrons. The quantitative estimate of drug-likeness (QED) is 0.462. The van der Waals surface area contributed by atoms with E-state index in [2.05, 4.69) is 69.4 Å². The second-order valence-electron chi connectivity index (χ2n) is 6.94. The average molecular weight is 431 g/mol. The molecule has 0 saturated carbocycles. The van der Waals surface area contributed by atoms with Gasteiger partial charge in [0.05, 0.1) is 17.9 Å². The number of nitrogens with zero attached hydrogens (tertiary/aromatic N) is 3. The molecule has 0 fully saturated rings. The Hall–Kier alpha value is -3.05. The molecule has 2 heterocycles. The lowest BCUT2D eigenvalue weighted by Crippen LogP contribution is -2.21. The molecule has 138 valence electrons. The number of para-hydroxylation sites is 1. The molecule has 1 aromatic heterocycles. The van der Waals surface area contributed by atoms with E-state index in [1.54, 1.807) is 0 Å². The largest absolute Gasteiger partial charge is 0.383 e. The Morgan fingerprint density at radius 3 is 2.29 bits per heavy atom. The highest BCUT2D eigenvalue weighted by Gasteiger charge is 2.26. The number of anilines is 2. The molecule has 28 heavy (non-hydrogen) atoms. The van der Waals surface area contributed by atoms with Crippen LogP contribution in [0.1, 0.15) is 11.3 Å². The molecule has 0 saturated heterocycles. The van der Waals surface area contributed by atoms with Gasteiger partial charge in [-0.15, -0.1) is 0 Å². The molecule has 3 aromatic carbocycles. The van der Waals surface area contributed by atoms with E-state index >= 15 is 0 Å². The molecule has 5 rings (SSSR count). The fraction of sp³-hybridized carbons (Fsp3) is 0.0870. The van der Waals surface area contributed by atoms with Crippen LogP contribution in [0.3, 0.4) is 0 Å². The van der Waals surface area contributed by atoms with E-state index in [1.807, 2.05) is 35.0 Å². The third-order valence-electron chi connectivity index (χ3n) is 5.17. The van der Waals surface area contributed by atoms with Gasteiger partial charge in [-0.3, -0.25) is 0 Å². The molecule has 0 unspecified atom stereocenters. The molecule has 1 aliphatic heterocycles. The molecule has 0 atom stereocenters. The van der Waals surface area contributed by atoms with Crippen LogP contribution in [0.25, 0.3) is 16.8 Å². The van der Waals surface area contributed by atoms with Gasteiger partial charge in [-0.25, -0.2) is 4.68 Å². The van der Waals surface area contributed by atoms with Crippen LogP contribution in [0.5, 0.6) is 0 Å². The van der Waals surface area contributed by atoms with Gasteiger partial charge in [-0.1, -0.05) is 58.4 Å². The summed E-state index contributed by atoms with van der Waals surface area (Å²) in [5, 5.41) is 4.91. The van der Waals surface area contributed by atoms with Crippen LogP contribution in [0.2, 0.25) is 0 Å². The Morgan fingerprint density at radius 1 is 0.786 bits per heavy atom. The standard InChI is InChI=1S/C23H19BrN4/c24-17-10-12-18(13-11-17)27-14-16-6-4-5-9-20(16)22-21(15-27)26-28(23(22)25)19-7-2-1-3-8-19/h1-13H,14-15,25H2. The van der Waals surface area contributed by atoms with Gasteiger partial charge < -0.3 is 10.6 Å². The Morgan fingerprint density at radius 2 is 1.50 bits per heavy atom. The monoisotopic (exact) mass is 430 g/mol. The van der Waals surface area contributed by atoms with Crippen LogP contribution < -0.4 is 10.6 Å². The molecule has 5 heteroatoms. The van der Waals surface area contributed by atoms with Gasteiger partial charge in [0.2, 0.25) is 0 Å². The van der Waals surface area contributed by atoms with E-state index in [0.717, 1.165) is 33.5 Å². The average Bonchev–Trinajstić information content (AvgIpc) is 2.95. The van der Waals surface area contributed by atoms with Crippen LogP contribution in [0.4, 0.5) is 11.5 Å². The van der Waals surface area contributed by atoms with E-state index in [0.29, 0.717) is 12.4 Å². The van der Waals surface area contributed by atoms with Crippen molar-refractivity contribution in [3.05, 3.63) is 94.6 Å². The first-order valence-electron chi connectivity index (χ1n) is 9.22. The van der Waals surface area contributed by atoms with Crippen LogP contribution in [-0.4, -0.2) is 9.78 Å². The van der Waals surface area contributed by atoms with Crippen molar-refractivity contribution in [1.82, 2.24) is 9.78 Å². The molecule has 0 aliphatic carbocycles. The fourth-order valence-electron chi connectivity index (χ4n) is 3.83. The summed E-state index contributed by atoms with van der Waals surface area (Å²) < 4.78 is 2.93. The van der Waals surface area contributed by atoms with E-state index < -0.39 is 0 Å². The third-order valence-corrected chi connectivity index (χ3v) is 5.70. The van der Waals surface area contributed by atoms with E-state index in [1.165, 1.54) is 11.3 Å². The number of hydrogen-bond acceptors (Lipinski definition) is 3. The molecular weight excluding hydrogens is 412 g/mol. The van der Waals surface area contributed by atoms with E-state index in [-0.39, 0.29) is 0 Å². The molecule has 2 N–H and O–H groups in total. The number of fused-ring (bicyclic) bond motifs is 3. The highest BCUT2D eigenvalue weighted by Crippen LogP contribution is 2.38. The SMILES string of the molecule is Nc1c2c(nn1-c1ccccc1)CN(c1ccc(Br)cc1)Cc1ccccc1-2. The Bertz CT molecular complexity index is 1130. The normalized spacial score (nSPS) is 13.0. The summed E-state index contributed by atoms with van der Waals surface area (Å²) in [4.78, 5) is 2.35. The molecule has 0 spiro atoms. The highest BCUT2D eigenvalue weighted by atomic mass is 79.9. The summed E-state index contributed by atoms with van der Waals surface area (Å²) in [6, 6.07) is 27.0. The van der Waals surface area contributed by atoms with Gasteiger partial charge >= 0.3 is 0 Å². The van der Waals surface area contributed by atoms with Crippen molar-refractivity contribution in [2.24, 2.45) is 0 Å². The zero-order valence-corrected chi connectivity index (χ0v) is 16.8. The van der Waals surface area contributed by atoms with E-state index in [9.17, 15) is 0 Å². The second-order valence-corrected chi connectivity index (χ2v) is 7.86. The Balaban J connectivity index is 1.68. The number of aromatic nitrogens is 2. The number of hydrogen-bond donors (Lipinski definition) is 1. The maximum atomic E-state index is 6.62. The van der Waals surface area contributed by atoms with Crippen LogP contribution in [-0.2, 0) is 13.1 Å². The van der Waals surface area contributed by atoms with Crippen molar-refractivity contribution in [3.63, 3.8) is 0 Å². The minimum absolute atomic E-state index is 0.686. The first-order chi connectivity index (χ1) is 13.7. The topological polar surface area (TPSA) is 47.1 Å². The van der Waals surface area contributed by atoms with Crippen molar-refractivity contribution in [2.45, 2.75) is 13.1 Å². The number of rotatable bonds is 2. The van der Waals surface area contributed by atoms with Crippen LogP contribution in [0.15, 0.2) is 83.3 Å². The van der Waals surface area contributed by atoms with Crippen molar-refractivity contribution in [2.75, 3.05) is 10.6 Å². The summed E-state index contributed by atoms with van der Waals surface area (Å²) in [5.41, 5.74) is 13.2. The Kier molecular flexibility index (Phi) is 4.17. The first kappa shape index (κ1) is 17.1. The number of halogens is 1. The molecular formula is C23H19BrN4. The predicted molar refractivity (Wildman–Crippen MR) is 117 cm³/mol. The van der Waals surface area contributed by atoms with Gasteiger partial charge in [-0.2, -0.15) is 5.10 Å². The van der Waals surface area contributed by atoms with Gasteiger partial charge in [0.15, 0.2) is 0 Å². The summed E-state index contributed by atoms with van der Waals surface area (Å²) in [6.45, 7) is 1.52. The van der Waals surface area contributed by atoms with Gasteiger partial charge in [0.25, 0.3) is 0 Å². The van der Waals surface area contributed by atoms with Gasteiger partial charge in [-0.05, 0) is 47.5 Å². The van der Waals surface area contributed by atoms with Gasteiger partial charge in [0, 0.05) is 22.3 Å². The zero-order valence-electron chi connectivity index (χ0n) is 15.2. The molecule has 1 aliphatic rings. The van der Waals surface area contributed by atoms with Crippen molar-refractivity contribution in [1.29, 1.82) is 0 Å². The number of nitrogens with two attached hydrogens (primary N) is 1. The maximum Gasteiger partial charge on any atom is 0.135 e. The highest BCUT2D eigenvalue weighted by molar-refractivity contribution is 9.10. The summed E-state index contributed by atoms with van der Waals surface area (Å²) in [7, 11) is 0. The summed E-state index contributed by atoms with van der Waals surface area (Å²) in [6.07, 6.45) is 0. The lowest BCUT2D eigenvalue weighted by molar-refractivity contribution is 0.764. The minimum atomic E-state index is 0.686.